The van der Waals surface area contributed by atoms with Crippen molar-refractivity contribution >= 4 is 76.0 Å². The van der Waals surface area contributed by atoms with E-state index in [4.69, 9.17) is 42.1 Å². The molecule has 2 aliphatic carbocycles. The highest BCUT2D eigenvalue weighted by Crippen LogP contribution is 2.38. The number of ether oxygens (including phenoxy) is 4. The number of hydrogen-bond acceptors (Lipinski definition) is 10. The molecule has 2 fully saturated rings. The van der Waals surface area contributed by atoms with Gasteiger partial charge in [-0.25, -0.2) is 18.2 Å². The molecule has 0 spiro atoms. The van der Waals surface area contributed by atoms with Crippen LogP contribution in [-0.2, 0) is 26.0 Å². The number of benzene rings is 2. The predicted molar refractivity (Wildman–Crippen MR) is 207 cm³/mol. The Hall–Kier alpha value is -3.22. The Bertz CT molecular complexity index is 1840. The highest BCUT2D eigenvalue weighted by Gasteiger charge is 2.30. The molecule has 2 saturated carbocycles. The summed E-state index contributed by atoms with van der Waals surface area (Å²) >= 11 is 14.4. The molecule has 3 aromatic rings. The second-order valence-electron chi connectivity index (χ2n) is 12.7. The summed E-state index contributed by atoms with van der Waals surface area (Å²) in [5.41, 5.74) is 1.17. The largest absolute Gasteiger partial charge is 0.870 e. The van der Waals surface area contributed by atoms with Crippen LogP contribution in [0, 0.1) is 11.8 Å². The number of H-pyrrole nitrogens is 1. The fourth-order valence-corrected chi connectivity index (χ4v) is 6.69. The minimum Gasteiger partial charge on any atom is -0.870 e. The average molecular weight is 855 g/mol. The highest BCUT2D eigenvalue weighted by atomic mass is 35.5. The maximum Gasteiger partial charge on any atom is 0.387 e. The van der Waals surface area contributed by atoms with E-state index in [-0.39, 0.29) is 70.4 Å². The summed E-state index contributed by atoms with van der Waals surface area (Å²) in [5, 5.41) is 3.31. The molecule has 1 amide bonds. The zero-order valence-corrected chi connectivity index (χ0v) is 33.6. The number of aromatic nitrogens is 1. The first-order valence-corrected chi connectivity index (χ1v) is 20.6. The summed E-state index contributed by atoms with van der Waals surface area (Å²) in [4.78, 5) is 30.4. The van der Waals surface area contributed by atoms with Crippen molar-refractivity contribution in [2.75, 3.05) is 36.2 Å². The Labute approximate surface area is 334 Å². The Morgan fingerprint density at radius 1 is 0.963 bits per heavy atom. The van der Waals surface area contributed by atoms with E-state index in [1.54, 1.807) is 0 Å². The van der Waals surface area contributed by atoms with Gasteiger partial charge >= 0.3 is 12.6 Å². The molecule has 0 aliphatic heterocycles. The Balaban J connectivity index is 0.00000392. The van der Waals surface area contributed by atoms with Crippen molar-refractivity contribution < 1.29 is 56.2 Å². The van der Waals surface area contributed by atoms with Crippen LogP contribution in [0.3, 0.4) is 0 Å². The van der Waals surface area contributed by atoms with Gasteiger partial charge in [0, 0.05) is 17.5 Å². The van der Waals surface area contributed by atoms with Crippen molar-refractivity contribution in [3.8, 4) is 17.2 Å². The number of amides is 1. The van der Waals surface area contributed by atoms with Crippen LogP contribution in [0.15, 0.2) is 48.8 Å². The third kappa shape index (κ3) is 13.8. The number of rotatable bonds is 20. The molecule has 1 heterocycles. The molecule has 0 unspecified atom stereocenters. The van der Waals surface area contributed by atoms with Crippen LogP contribution < -0.4 is 29.2 Å². The lowest BCUT2D eigenvalue weighted by atomic mass is 10.0. The number of alkyl halides is 2. The molecule has 2 aromatic carbocycles. The van der Waals surface area contributed by atoms with Crippen molar-refractivity contribution in [1.82, 2.24) is 5.32 Å². The molecular weight excluding hydrogens is 812 g/mol. The second kappa shape index (κ2) is 20.6. The number of aromatic amines is 1. The average Bonchev–Trinajstić information content (AvgIpc) is 4.02. The zero-order valence-electron chi connectivity index (χ0n) is 29.4. The number of halogens is 4. The maximum absolute atomic E-state index is 14.0. The summed E-state index contributed by atoms with van der Waals surface area (Å²) in [6.45, 7) is -2.42. The number of nitrogens with one attached hydrogen (secondary N) is 3. The van der Waals surface area contributed by atoms with Crippen LogP contribution >= 0.6 is 48.5 Å². The standard InChI is InChI=1S/C35H39Cl2F2N3O8S2.H2O.H2S/c1-51-12-11-28(41-33(43)23-7-9-27(42-52(2,45)46)31(14-23)47-18-20-3-4-20)34(44)49-30(15-24-25(36)16-40-17-26(24)37)22-8-10-29(50-35(38)39)32(13-22)48-19-21-5-6-21;;/h7-10,13-14,16-17,20-21,28,30,35,42H,3-6,11-12,15,18-19H2,1-2H3,(H,41,43);2*1H2/t28-,30-;;/m0../s1. The van der Waals surface area contributed by atoms with Gasteiger partial charge < -0.3 is 29.7 Å². The topological polar surface area (TPSA) is 173 Å². The molecule has 298 valence electrons. The van der Waals surface area contributed by atoms with Crippen LogP contribution in [0.5, 0.6) is 17.2 Å². The van der Waals surface area contributed by atoms with Crippen LogP contribution in [-0.4, -0.2) is 69.9 Å². The molecule has 2 aliphatic rings. The van der Waals surface area contributed by atoms with E-state index >= 15 is 0 Å². The third-order valence-electron chi connectivity index (χ3n) is 8.28. The monoisotopic (exact) mass is 853 g/mol. The Morgan fingerprint density at radius 2 is 1.59 bits per heavy atom. The van der Waals surface area contributed by atoms with Gasteiger partial charge in [0.2, 0.25) is 10.0 Å². The lowest BCUT2D eigenvalue weighted by Gasteiger charge is -2.24. The Kier molecular flexibility index (Phi) is 17.3. The summed E-state index contributed by atoms with van der Waals surface area (Å²) in [6.07, 6.45) is 8.98. The lowest BCUT2D eigenvalue weighted by Crippen LogP contribution is -2.42. The molecule has 12 nitrogen and oxygen atoms in total. The number of esters is 1. The first kappa shape index (κ1) is 45.2. The number of pyridine rings is 1. The van der Waals surface area contributed by atoms with E-state index in [0.717, 1.165) is 31.9 Å². The maximum atomic E-state index is 14.0. The molecule has 2 atom stereocenters. The van der Waals surface area contributed by atoms with Crippen molar-refractivity contribution in [3.05, 3.63) is 75.5 Å². The van der Waals surface area contributed by atoms with E-state index in [0.29, 0.717) is 41.9 Å². The first-order chi connectivity index (χ1) is 24.8. The Morgan fingerprint density at radius 3 is 2.17 bits per heavy atom. The van der Waals surface area contributed by atoms with Gasteiger partial charge in [0.05, 0.1) is 25.2 Å². The molecule has 1 aromatic heterocycles. The fraction of sp³-hybridized carbons (Fsp3) is 0.457. The van der Waals surface area contributed by atoms with Gasteiger partial charge in [-0.05, 0) is 91.8 Å². The van der Waals surface area contributed by atoms with Crippen molar-refractivity contribution in [3.63, 3.8) is 0 Å². The van der Waals surface area contributed by atoms with Gasteiger partial charge in [-0.2, -0.15) is 34.0 Å². The molecule has 5 rings (SSSR count). The number of anilines is 1. The van der Waals surface area contributed by atoms with E-state index in [2.05, 4.69) is 15.0 Å². The molecule has 0 saturated heterocycles. The number of carbonyl (C=O) groups excluding carboxylic acids is 2. The smallest absolute Gasteiger partial charge is 0.387 e. The van der Waals surface area contributed by atoms with Gasteiger partial charge in [0.1, 0.15) is 27.9 Å². The minimum absolute atomic E-state index is 0. The summed E-state index contributed by atoms with van der Waals surface area (Å²) in [6, 6.07) is 7.46. The second-order valence-corrected chi connectivity index (χ2v) is 16.3. The van der Waals surface area contributed by atoms with E-state index < -0.39 is 40.7 Å². The normalized spacial score (nSPS) is 14.9. The SMILES string of the molecule is CSCC[C@H](NC(=O)c1ccc(NS(C)(=O)=O)c(OCC2CC2)c1)C(=O)O[C@@H](Cc1c(Cl)c[nH+]cc1Cl)c1ccc(OC(F)F)c(OCC2CC2)c1.S.[OH-]. The molecular formula is C35H43Cl2F2N3O9S3. The first-order valence-electron chi connectivity index (χ1n) is 16.6. The van der Waals surface area contributed by atoms with Gasteiger partial charge in [-0.15, -0.1) is 0 Å². The minimum atomic E-state index is -3.63. The summed E-state index contributed by atoms with van der Waals surface area (Å²) in [7, 11) is -3.63. The van der Waals surface area contributed by atoms with Crippen molar-refractivity contribution in [1.29, 1.82) is 0 Å². The number of hydrogen-bond donors (Lipinski definition) is 2. The zero-order chi connectivity index (χ0) is 37.4. The van der Waals surface area contributed by atoms with Gasteiger partial charge in [-0.3, -0.25) is 9.52 Å². The van der Waals surface area contributed by atoms with Gasteiger partial charge in [0.25, 0.3) is 5.91 Å². The van der Waals surface area contributed by atoms with Crippen molar-refractivity contribution in [2.45, 2.75) is 57.3 Å². The van der Waals surface area contributed by atoms with Crippen LogP contribution in [0.25, 0.3) is 0 Å². The number of sulfonamides is 1. The van der Waals surface area contributed by atoms with E-state index in [1.807, 2.05) is 6.26 Å². The fourth-order valence-electron chi connectivity index (χ4n) is 5.12. The van der Waals surface area contributed by atoms with Crippen LogP contribution in [0.4, 0.5) is 14.5 Å². The van der Waals surface area contributed by atoms with Gasteiger partial charge in [-0.1, -0.05) is 29.3 Å². The lowest BCUT2D eigenvalue weighted by molar-refractivity contribution is -0.377. The molecule has 0 bridgehead atoms. The molecule has 0 radical (unpaired) electrons. The van der Waals surface area contributed by atoms with Crippen LogP contribution in [0.1, 0.15) is 59.7 Å². The predicted octanol–water partition coefficient (Wildman–Crippen LogP) is 6.67. The molecule has 4 N–H and O–H groups in total. The highest BCUT2D eigenvalue weighted by molar-refractivity contribution is 7.98. The quantitative estimate of drug-likeness (QED) is 0.117. The number of thioether (sulfide) groups is 1. The van der Waals surface area contributed by atoms with E-state index in [1.165, 1.54) is 60.6 Å². The summed E-state index contributed by atoms with van der Waals surface area (Å²) < 4.78 is 75.4. The van der Waals surface area contributed by atoms with Crippen LogP contribution in [0.2, 0.25) is 10.0 Å². The number of carbonyl (C=O) groups is 2. The van der Waals surface area contributed by atoms with Crippen molar-refractivity contribution in [2.24, 2.45) is 11.8 Å². The van der Waals surface area contributed by atoms with E-state index in [9.17, 15) is 26.8 Å². The summed E-state index contributed by atoms with van der Waals surface area (Å²) in [5.74, 6) is -0.155. The third-order valence-corrected chi connectivity index (χ3v) is 10.2. The molecule has 54 heavy (non-hydrogen) atoms. The molecule has 19 heteroatoms. The van der Waals surface area contributed by atoms with Gasteiger partial charge in [0.15, 0.2) is 23.9 Å².